The molecule has 6 aliphatic rings. The molecule has 0 aromatic heterocycles. The van der Waals surface area contributed by atoms with Crippen molar-refractivity contribution in [3.05, 3.63) is 109 Å². The number of carbonyl (C=O) groups is 4. The van der Waals surface area contributed by atoms with Crippen LogP contribution in [0, 0.1) is 23.3 Å². The topological polar surface area (TPSA) is 211 Å². The quantitative estimate of drug-likeness (QED) is 0.0466. The first-order valence-corrected chi connectivity index (χ1v) is 25.7. The highest BCUT2D eigenvalue weighted by atomic mass is 32.2. The van der Waals surface area contributed by atoms with Gasteiger partial charge in [-0.3, -0.25) is 33.2 Å². The maximum Gasteiger partial charge on any atom is 0.269 e. The molecule has 0 bridgehead atoms. The Morgan fingerprint density at radius 2 is 1.46 bits per heavy atom. The third kappa shape index (κ3) is 8.30. The number of halogens is 4. The average molecular weight is 1010 g/mol. The Morgan fingerprint density at radius 1 is 0.829 bits per heavy atom. The van der Waals surface area contributed by atoms with E-state index in [1.807, 2.05) is 37.2 Å². The van der Waals surface area contributed by atoms with Gasteiger partial charge in [-0.05, 0) is 62.5 Å². The molecule has 4 amide bonds. The average Bonchev–Trinajstić information content (AvgIpc) is 3.59. The second-order valence-electron chi connectivity index (χ2n) is 19.3. The van der Waals surface area contributed by atoms with Crippen LogP contribution in [0.5, 0.6) is 11.5 Å². The van der Waals surface area contributed by atoms with E-state index in [1.54, 1.807) is 12.2 Å². The van der Waals surface area contributed by atoms with Gasteiger partial charge in [0.25, 0.3) is 38.0 Å². The van der Waals surface area contributed by atoms with Gasteiger partial charge in [-0.1, -0.05) is 6.08 Å². The molecular weight excluding hydrogens is 963 g/mol. The van der Waals surface area contributed by atoms with Crippen molar-refractivity contribution >= 4 is 66.3 Å². The summed E-state index contributed by atoms with van der Waals surface area (Å²) >= 11 is 0. The highest BCUT2D eigenvalue weighted by molar-refractivity contribution is 7.86. The summed E-state index contributed by atoms with van der Waals surface area (Å²) in [6.45, 7) is 7.55. The predicted molar refractivity (Wildman–Crippen MR) is 248 cm³/mol. The standard InChI is InChI=1S/C48H47F4N5O11S2/c1-47(2)20-24(22-69(62,63)64)28-18-30-35(36-37(39(50)41(52)40(51)38(36)49)46(61)54(5)16-12-32(58)53-13-17-55-33(59)10-11-34(55)60)31-19-29-25(23-70(65,66)67)21-48(3,4)57-15-7-9-27(43(29)57)45(31)68-44(30)26-8-6-14-56(47)42(26)28/h10-11,18-21H,6-9,12-17,22-23H2,1-5H3,(H2-,53,58,62,63,64,65,66,67)/p+1. The van der Waals surface area contributed by atoms with Crippen LogP contribution < -0.4 is 30.1 Å². The Labute approximate surface area is 399 Å². The van der Waals surface area contributed by atoms with Crippen molar-refractivity contribution in [1.29, 1.82) is 0 Å². The summed E-state index contributed by atoms with van der Waals surface area (Å²) in [5, 5.41) is 2.92. The normalized spacial score (nSPS) is 18.4. The second-order valence-corrected chi connectivity index (χ2v) is 22.2. The number of hydrogen-bond acceptors (Lipinski definition) is 10. The SMILES string of the molecule is CN(CCC(=O)NCCN1C(=O)C=CC1=O)C(=O)c1c(F)c(F)c(F)c(F)c1C1=c2cc3c4c(c2Oc2c1cc1c5c2CCCN5C(C)(C)C=C1CS(=O)(=O)O)CCC[N+]=4C(C)(C)C=C3CS(=O)(=O)O. The minimum absolute atomic E-state index is 0.0630. The molecule has 0 aliphatic carbocycles. The Balaban J connectivity index is 1.30. The number of carbonyl (C=O) groups excluding carboxylic acids is 4. The van der Waals surface area contributed by atoms with Crippen molar-refractivity contribution in [3.8, 4) is 11.5 Å². The van der Waals surface area contributed by atoms with E-state index in [-0.39, 0.29) is 70.5 Å². The van der Waals surface area contributed by atoms with Gasteiger partial charge >= 0.3 is 0 Å². The molecule has 0 saturated heterocycles. The van der Waals surface area contributed by atoms with E-state index in [1.165, 1.54) is 12.1 Å². The monoisotopic (exact) mass is 1010 g/mol. The first-order chi connectivity index (χ1) is 32.7. The van der Waals surface area contributed by atoms with Crippen molar-refractivity contribution in [3.63, 3.8) is 0 Å². The fourth-order valence-corrected chi connectivity index (χ4v) is 12.1. The van der Waals surface area contributed by atoms with Gasteiger partial charge in [0, 0.05) is 105 Å². The van der Waals surface area contributed by atoms with E-state index in [9.17, 15) is 45.1 Å². The molecule has 16 nitrogen and oxygen atoms in total. The molecule has 0 unspecified atom stereocenters. The first-order valence-electron chi connectivity index (χ1n) is 22.5. The summed E-state index contributed by atoms with van der Waals surface area (Å²) in [5.41, 5.74) is -2.34. The Bertz CT molecular complexity index is 3390. The van der Waals surface area contributed by atoms with Gasteiger partial charge in [-0.15, -0.1) is 0 Å². The smallest absolute Gasteiger partial charge is 0.269 e. The zero-order chi connectivity index (χ0) is 50.7. The van der Waals surface area contributed by atoms with Crippen LogP contribution in [0.25, 0.3) is 16.7 Å². The van der Waals surface area contributed by atoms with Crippen LogP contribution in [0.4, 0.5) is 23.2 Å². The molecule has 0 radical (unpaired) electrons. The number of ether oxygens (including phenoxy) is 1. The number of fused-ring (bicyclic) bond motifs is 4. The minimum Gasteiger partial charge on any atom is -0.455 e. The number of hydrogen-bond donors (Lipinski definition) is 3. The van der Waals surface area contributed by atoms with Crippen LogP contribution >= 0.6 is 0 Å². The fraction of sp³-hybridized carbons (Fsp3) is 0.396. The van der Waals surface area contributed by atoms with Crippen molar-refractivity contribution in [2.45, 2.75) is 70.9 Å². The van der Waals surface area contributed by atoms with Crippen LogP contribution in [0.15, 0.2) is 36.4 Å². The highest BCUT2D eigenvalue weighted by Crippen LogP contribution is 2.53. The summed E-state index contributed by atoms with van der Waals surface area (Å²) in [6, 6.07) is 2.82. The fourth-order valence-electron chi connectivity index (χ4n) is 10.8. The lowest BCUT2D eigenvalue weighted by Crippen LogP contribution is -2.53. The largest absolute Gasteiger partial charge is 0.455 e. The Hall–Kier alpha value is -6.23. The van der Waals surface area contributed by atoms with Crippen LogP contribution in [0.2, 0.25) is 0 Å². The number of nitrogens with one attached hydrogen (secondary N) is 1. The molecule has 0 saturated carbocycles. The Kier molecular flexibility index (Phi) is 11.8. The number of rotatable bonds is 12. The number of nitrogens with zero attached hydrogens (tertiary/aromatic N) is 4. The van der Waals surface area contributed by atoms with E-state index in [0.717, 1.165) is 29.0 Å². The molecule has 9 rings (SSSR count). The van der Waals surface area contributed by atoms with Crippen LogP contribution in [-0.4, -0.2) is 122 Å². The molecule has 370 valence electrons. The summed E-state index contributed by atoms with van der Waals surface area (Å²) < 4.78 is 146. The first kappa shape index (κ1) is 48.8. The maximum atomic E-state index is 17.3. The lowest BCUT2D eigenvalue weighted by molar-refractivity contribution is -0.137. The van der Waals surface area contributed by atoms with E-state index < -0.39 is 119 Å². The van der Waals surface area contributed by atoms with Gasteiger partial charge in [-0.2, -0.15) is 16.8 Å². The van der Waals surface area contributed by atoms with Crippen molar-refractivity contribution in [2.24, 2.45) is 0 Å². The lowest BCUT2D eigenvalue weighted by atomic mass is 9.78. The van der Waals surface area contributed by atoms with Gasteiger partial charge < -0.3 is 19.9 Å². The maximum absolute atomic E-state index is 17.3. The van der Waals surface area contributed by atoms with Crippen LogP contribution in [0.1, 0.15) is 90.7 Å². The molecule has 3 aromatic rings. The Morgan fingerprint density at radius 3 is 2.11 bits per heavy atom. The lowest BCUT2D eigenvalue weighted by Gasteiger charge is -2.47. The van der Waals surface area contributed by atoms with E-state index in [4.69, 9.17) is 4.74 Å². The molecule has 22 heteroatoms. The molecule has 3 N–H and O–H groups in total. The third-order valence-electron chi connectivity index (χ3n) is 13.7. The van der Waals surface area contributed by atoms with Gasteiger partial charge in [-0.25, -0.2) is 22.1 Å². The molecule has 70 heavy (non-hydrogen) atoms. The molecule has 3 aromatic carbocycles. The van der Waals surface area contributed by atoms with Crippen LogP contribution in [0.3, 0.4) is 0 Å². The minimum atomic E-state index is -4.71. The number of benzene rings is 3. The zero-order valence-corrected chi connectivity index (χ0v) is 40.3. The molecule has 0 spiro atoms. The van der Waals surface area contributed by atoms with E-state index in [2.05, 4.69) is 5.32 Å². The molecular formula is C48H48F4N5O11S2+. The zero-order valence-electron chi connectivity index (χ0n) is 38.6. The summed E-state index contributed by atoms with van der Waals surface area (Å²) in [4.78, 5) is 55.2. The van der Waals surface area contributed by atoms with Gasteiger partial charge in [0.15, 0.2) is 28.8 Å². The number of imide groups is 1. The molecule has 6 heterocycles. The number of anilines is 1. The molecule has 0 fully saturated rings. The number of amides is 4. The van der Waals surface area contributed by atoms with Gasteiger partial charge in [0.2, 0.25) is 11.3 Å². The summed E-state index contributed by atoms with van der Waals surface area (Å²) in [6.07, 6.45) is 6.58. The molecule has 6 aliphatic heterocycles. The highest BCUT2D eigenvalue weighted by Gasteiger charge is 2.45. The van der Waals surface area contributed by atoms with Crippen molar-refractivity contribution < 1.29 is 67.4 Å². The van der Waals surface area contributed by atoms with Gasteiger partial charge in [0.1, 0.15) is 29.5 Å². The van der Waals surface area contributed by atoms with Gasteiger partial charge in [0.05, 0.1) is 27.9 Å². The van der Waals surface area contributed by atoms with Crippen molar-refractivity contribution in [1.82, 2.24) is 19.7 Å². The van der Waals surface area contributed by atoms with Crippen LogP contribution in [-0.2, 0) is 47.5 Å². The second kappa shape index (κ2) is 17.0. The van der Waals surface area contributed by atoms with E-state index in [0.29, 0.717) is 48.1 Å². The molecule has 0 atom stereocenters. The summed E-state index contributed by atoms with van der Waals surface area (Å²) in [5.74, 6) is -13.5. The van der Waals surface area contributed by atoms with Crippen molar-refractivity contribution in [2.75, 3.05) is 56.2 Å². The van der Waals surface area contributed by atoms with E-state index >= 15 is 17.6 Å². The predicted octanol–water partition coefficient (Wildman–Crippen LogP) is 3.42. The third-order valence-corrected chi connectivity index (χ3v) is 15.1. The summed E-state index contributed by atoms with van der Waals surface area (Å²) in [7, 11) is -8.30.